The van der Waals surface area contributed by atoms with E-state index in [9.17, 15) is 38.1 Å². The first-order valence-corrected chi connectivity index (χ1v) is 9.66. The average molecular weight is 481 g/mol. The molecule has 0 aliphatic heterocycles. The summed E-state index contributed by atoms with van der Waals surface area (Å²) < 4.78 is 32.6. The second kappa shape index (κ2) is 15.2. The van der Waals surface area contributed by atoms with Crippen LogP contribution in [0.3, 0.4) is 0 Å². The molecule has 184 valence electrons. The van der Waals surface area contributed by atoms with Gasteiger partial charge in [-0.2, -0.15) is 8.42 Å². The van der Waals surface area contributed by atoms with Crippen molar-refractivity contribution in [3.05, 3.63) is 0 Å². The van der Waals surface area contributed by atoms with Crippen molar-refractivity contribution in [1.29, 1.82) is 0 Å². The van der Waals surface area contributed by atoms with Gasteiger partial charge >= 0.3 is 10.4 Å². The number of aldehydes is 2. The third kappa shape index (κ3) is 12.7. The fraction of sp³-hybridized carbons (Fsp3) is 0.786. The van der Waals surface area contributed by atoms with E-state index in [1.54, 1.807) is 0 Å². The third-order valence-electron chi connectivity index (χ3n) is 3.46. The predicted octanol–water partition coefficient (Wildman–Crippen LogP) is -6.79. The number of hydrogen-bond acceptors (Lipinski definition) is 14. The van der Waals surface area contributed by atoms with Gasteiger partial charge in [-0.05, 0) is 0 Å². The molecule has 0 aromatic rings. The van der Waals surface area contributed by atoms with Gasteiger partial charge in [-0.1, -0.05) is 0 Å². The Labute approximate surface area is 176 Å². The maximum absolute atomic E-state index is 10.6. The molecule has 31 heavy (non-hydrogen) atoms. The summed E-state index contributed by atoms with van der Waals surface area (Å²) >= 11 is 0. The molecule has 0 radical (unpaired) electrons. The topological polar surface area (TPSA) is 289 Å². The Kier molecular flexibility index (Phi) is 15.5. The molecule has 0 bridgehead atoms. The van der Waals surface area contributed by atoms with Crippen LogP contribution in [0.2, 0.25) is 0 Å². The minimum absolute atomic E-state index is 0.101. The Morgan fingerprint density at radius 3 is 1.74 bits per heavy atom. The number of aliphatic hydroxyl groups is 8. The van der Waals surface area contributed by atoms with Gasteiger partial charge in [-0.25, -0.2) is 4.18 Å². The maximum Gasteiger partial charge on any atom is 0.397 e. The van der Waals surface area contributed by atoms with Crippen molar-refractivity contribution >= 4 is 28.9 Å². The van der Waals surface area contributed by atoms with Crippen LogP contribution in [-0.2, 0) is 29.0 Å². The minimum Gasteiger partial charge on any atom is -0.394 e. The number of amides is 1. The molecule has 10 N–H and O–H groups in total. The Balaban J connectivity index is 0. The summed E-state index contributed by atoms with van der Waals surface area (Å²) in [6, 6.07) is -1.32. The summed E-state index contributed by atoms with van der Waals surface area (Å²) in [5.74, 6) is -0.558. The molecule has 0 spiro atoms. The highest BCUT2D eigenvalue weighted by molar-refractivity contribution is 7.80. The summed E-state index contributed by atoms with van der Waals surface area (Å²) in [7, 11) is -4.95. The molecular weight excluding hydrogens is 454 g/mol. The van der Waals surface area contributed by atoms with Gasteiger partial charge in [0.15, 0.2) is 6.29 Å². The second-order valence-corrected chi connectivity index (χ2v) is 6.99. The molecule has 1 amide bonds. The lowest BCUT2D eigenvalue weighted by molar-refractivity contribution is -0.134. The van der Waals surface area contributed by atoms with Crippen LogP contribution in [0.4, 0.5) is 0 Å². The van der Waals surface area contributed by atoms with Crippen LogP contribution in [0, 0.1) is 0 Å². The quantitative estimate of drug-likeness (QED) is 0.0863. The Morgan fingerprint density at radius 2 is 1.42 bits per heavy atom. The lowest BCUT2D eigenvalue weighted by Crippen LogP contribution is -2.53. The highest BCUT2D eigenvalue weighted by Crippen LogP contribution is 2.09. The van der Waals surface area contributed by atoms with Crippen LogP contribution >= 0.6 is 0 Å². The summed E-state index contributed by atoms with van der Waals surface area (Å²) in [5, 5.41) is 73.9. The van der Waals surface area contributed by atoms with Gasteiger partial charge < -0.3 is 55.8 Å². The van der Waals surface area contributed by atoms with Gasteiger partial charge in [-0.3, -0.25) is 9.35 Å². The van der Waals surface area contributed by atoms with Crippen LogP contribution in [0.1, 0.15) is 6.92 Å². The van der Waals surface area contributed by atoms with Gasteiger partial charge in [0.2, 0.25) is 5.91 Å². The summed E-state index contributed by atoms with van der Waals surface area (Å²) in [6.45, 7) is -0.689. The van der Waals surface area contributed by atoms with Crippen LogP contribution in [-0.4, -0.2) is 134 Å². The molecule has 16 nitrogen and oxygen atoms in total. The molecule has 8 atom stereocenters. The molecule has 0 aromatic heterocycles. The molecule has 0 aliphatic carbocycles. The third-order valence-corrected chi connectivity index (χ3v) is 3.95. The zero-order chi connectivity index (χ0) is 24.9. The van der Waals surface area contributed by atoms with Crippen molar-refractivity contribution < 1.29 is 72.4 Å². The van der Waals surface area contributed by atoms with Gasteiger partial charge in [0.05, 0.1) is 13.2 Å². The number of nitrogens with one attached hydrogen (secondary N) is 1. The number of aliphatic hydroxyl groups excluding tert-OH is 8. The number of rotatable bonds is 13. The number of carbonyl (C=O) groups is 3. The van der Waals surface area contributed by atoms with Crippen molar-refractivity contribution in [2.24, 2.45) is 0 Å². The first-order chi connectivity index (χ1) is 14.2. The van der Waals surface area contributed by atoms with E-state index in [1.165, 1.54) is 0 Å². The zero-order valence-electron chi connectivity index (χ0n) is 16.1. The fourth-order valence-corrected chi connectivity index (χ4v) is 2.32. The summed E-state index contributed by atoms with van der Waals surface area (Å²) in [6.07, 6.45) is -12.8. The van der Waals surface area contributed by atoms with E-state index in [1.807, 2.05) is 0 Å². The standard InChI is InChI=1S/C8H15NO6.C6H12O9S/c1-4(12)9-5(2-10)7(14)8(15)6(13)3-11;7-1-3(9)5(10)6(11)4(2-8)15-16(12,13)14/h2,5-8,11,13-15H,3H2,1H3,(H,9,12);1,3-6,8-11H,2H2,(H,12,13,14)/t5-,6-,7-,8-;3-,4+,5+,6+/m10/s1. The van der Waals surface area contributed by atoms with Crippen molar-refractivity contribution in [1.82, 2.24) is 5.32 Å². The molecule has 0 saturated carbocycles. The molecule has 0 aliphatic rings. The van der Waals surface area contributed by atoms with Crippen LogP contribution in [0.25, 0.3) is 0 Å². The lowest BCUT2D eigenvalue weighted by atomic mass is 10.0. The molecule has 0 heterocycles. The van der Waals surface area contributed by atoms with Gasteiger partial charge in [0.25, 0.3) is 0 Å². The monoisotopic (exact) mass is 481 g/mol. The largest absolute Gasteiger partial charge is 0.397 e. The van der Waals surface area contributed by atoms with Gasteiger partial charge in [0.1, 0.15) is 55.1 Å². The Morgan fingerprint density at radius 1 is 0.903 bits per heavy atom. The van der Waals surface area contributed by atoms with Crippen molar-refractivity contribution in [2.45, 2.75) is 55.7 Å². The van der Waals surface area contributed by atoms with E-state index in [0.717, 1.165) is 6.92 Å². The second-order valence-electron chi connectivity index (χ2n) is 5.95. The normalized spacial score (nSPS) is 19.3. The van der Waals surface area contributed by atoms with E-state index in [-0.39, 0.29) is 12.6 Å². The minimum atomic E-state index is -4.95. The highest BCUT2D eigenvalue weighted by Gasteiger charge is 2.34. The van der Waals surface area contributed by atoms with Gasteiger partial charge in [0, 0.05) is 6.92 Å². The average Bonchev–Trinajstić information content (AvgIpc) is 2.71. The van der Waals surface area contributed by atoms with Gasteiger partial charge in [-0.15, -0.1) is 0 Å². The van der Waals surface area contributed by atoms with Crippen LogP contribution < -0.4 is 5.32 Å². The molecule has 17 heteroatoms. The highest BCUT2D eigenvalue weighted by atomic mass is 32.3. The number of carbonyl (C=O) groups excluding carboxylic acids is 3. The molecule has 0 aromatic carbocycles. The van der Waals surface area contributed by atoms with Crippen LogP contribution in [0.15, 0.2) is 0 Å². The smallest absolute Gasteiger partial charge is 0.394 e. The first kappa shape index (κ1) is 31.5. The molecule has 0 fully saturated rings. The number of hydrogen-bond donors (Lipinski definition) is 10. The Hall–Kier alpha value is -1.64. The summed E-state index contributed by atoms with van der Waals surface area (Å²) in [5.41, 5.74) is 0. The lowest BCUT2D eigenvalue weighted by Gasteiger charge is -2.25. The molecule has 0 saturated heterocycles. The fourth-order valence-electron chi connectivity index (χ4n) is 1.84. The molecule has 0 unspecified atom stereocenters. The van der Waals surface area contributed by atoms with Crippen molar-refractivity contribution in [2.75, 3.05) is 13.2 Å². The van der Waals surface area contributed by atoms with Crippen LogP contribution in [0.5, 0.6) is 0 Å². The van der Waals surface area contributed by atoms with E-state index in [4.69, 9.17) is 30.1 Å². The molecule has 0 rings (SSSR count). The zero-order valence-corrected chi connectivity index (χ0v) is 16.9. The van der Waals surface area contributed by atoms with E-state index >= 15 is 0 Å². The van der Waals surface area contributed by atoms with E-state index in [0.29, 0.717) is 0 Å². The Bertz CT molecular complexity index is 644. The van der Waals surface area contributed by atoms with Crippen molar-refractivity contribution in [3.8, 4) is 0 Å². The maximum atomic E-state index is 10.6. The van der Waals surface area contributed by atoms with E-state index < -0.39 is 78.3 Å². The predicted molar refractivity (Wildman–Crippen MR) is 96.4 cm³/mol. The SMILES string of the molecule is CC(=O)N[C@H](C=O)[C@@H](O)[C@H](O)[C@H](O)CO.O=C[C@H](O)[C@@H](O)[C@H](O)[C@@H](CO)OS(=O)(=O)O. The van der Waals surface area contributed by atoms with Crippen molar-refractivity contribution in [3.63, 3.8) is 0 Å². The first-order valence-electron chi connectivity index (χ1n) is 8.30. The molecular formula is C14H27NO15S. The summed E-state index contributed by atoms with van der Waals surface area (Å²) in [4.78, 5) is 31.1. The van der Waals surface area contributed by atoms with E-state index in [2.05, 4.69) is 9.50 Å².